The molecule has 4 rings (SSSR count). The van der Waals surface area contributed by atoms with Crippen molar-refractivity contribution in [1.29, 1.82) is 0 Å². The lowest BCUT2D eigenvalue weighted by molar-refractivity contribution is -0.136. The van der Waals surface area contributed by atoms with Crippen LogP contribution < -0.4 is 4.72 Å². The summed E-state index contributed by atoms with van der Waals surface area (Å²) < 4.78 is 27.8. The number of likely N-dealkylation sites (tertiary alicyclic amines) is 2. The zero-order chi connectivity index (χ0) is 22.0. The zero-order valence-corrected chi connectivity index (χ0v) is 19.3. The molecule has 0 atom stereocenters. The van der Waals surface area contributed by atoms with Gasteiger partial charge in [0.1, 0.15) is 4.90 Å². The van der Waals surface area contributed by atoms with Crippen LogP contribution in [0.1, 0.15) is 61.7 Å². The second-order valence-electron chi connectivity index (χ2n) is 8.85. The monoisotopic (exact) mass is 467 g/mol. The fraction of sp³-hybridized carbons (Fsp3) is 0.636. The molecule has 2 heterocycles. The molecule has 1 aromatic carbocycles. The van der Waals surface area contributed by atoms with Crippen molar-refractivity contribution in [2.24, 2.45) is 5.92 Å². The number of hydrogen-bond donors (Lipinski definition) is 1. The Bertz CT molecular complexity index is 932. The average Bonchev–Trinajstić information content (AvgIpc) is 3.60. The van der Waals surface area contributed by atoms with Gasteiger partial charge in [-0.1, -0.05) is 24.4 Å². The maximum Gasteiger partial charge on any atom is 0.253 e. The smallest absolute Gasteiger partial charge is 0.253 e. The second kappa shape index (κ2) is 9.46. The third-order valence-electron chi connectivity index (χ3n) is 6.42. The number of nitrogens with one attached hydrogen (secondary N) is 1. The standard InChI is InChI=1S/C22H30ClN3O4S/c23-19-8-5-17(15-20(19)31(29,30)24-18-6-7-18)22(28)26-13-9-16(10-14-26)21(27)25-11-3-1-2-4-12-25/h5,8,15-16,18,24H,1-4,6-7,9-14H2. The zero-order valence-electron chi connectivity index (χ0n) is 17.7. The van der Waals surface area contributed by atoms with Gasteiger partial charge < -0.3 is 9.80 Å². The van der Waals surface area contributed by atoms with Crippen LogP contribution in [0.15, 0.2) is 23.1 Å². The van der Waals surface area contributed by atoms with Crippen LogP contribution in [0.4, 0.5) is 0 Å². The summed E-state index contributed by atoms with van der Waals surface area (Å²) in [4.78, 5) is 29.5. The van der Waals surface area contributed by atoms with Crippen molar-refractivity contribution in [2.75, 3.05) is 26.2 Å². The predicted octanol–water partition coefficient (Wildman–Crippen LogP) is 3.04. The van der Waals surface area contributed by atoms with Crippen LogP contribution >= 0.6 is 11.6 Å². The van der Waals surface area contributed by atoms with E-state index in [9.17, 15) is 18.0 Å². The van der Waals surface area contributed by atoms with Gasteiger partial charge in [-0.2, -0.15) is 0 Å². The fourth-order valence-electron chi connectivity index (χ4n) is 4.39. The SMILES string of the molecule is O=C(c1ccc(Cl)c(S(=O)(=O)NC2CC2)c1)N1CCC(C(=O)N2CCCCCC2)CC1. The number of benzene rings is 1. The molecule has 1 saturated carbocycles. The summed E-state index contributed by atoms with van der Waals surface area (Å²) in [6.45, 7) is 2.67. The largest absolute Gasteiger partial charge is 0.342 e. The van der Waals surface area contributed by atoms with Gasteiger partial charge in [-0.15, -0.1) is 0 Å². The van der Waals surface area contributed by atoms with Crippen LogP contribution in [0, 0.1) is 5.92 Å². The van der Waals surface area contributed by atoms with Crippen molar-refractivity contribution < 1.29 is 18.0 Å². The second-order valence-corrected chi connectivity index (χ2v) is 10.9. The molecule has 2 amide bonds. The van der Waals surface area contributed by atoms with Gasteiger partial charge >= 0.3 is 0 Å². The van der Waals surface area contributed by atoms with E-state index in [0.717, 1.165) is 38.8 Å². The first-order valence-electron chi connectivity index (χ1n) is 11.2. The lowest BCUT2D eigenvalue weighted by atomic mass is 9.94. The number of piperidine rings is 1. The van der Waals surface area contributed by atoms with Crippen molar-refractivity contribution in [2.45, 2.75) is 62.3 Å². The normalized spacial score (nSPS) is 21.1. The number of halogens is 1. The number of hydrogen-bond acceptors (Lipinski definition) is 4. The Hall–Kier alpha value is -1.64. The van der Waals surface area contributed by atoms with E-state index in [1.165, 1.54) is 25.0 Å². The summed E-state index contributed by atoms with van der Waals surface area (Å²) in [5.74, 6) is -0.0359. The molecule has 1 aliphatic carbocycles. The van der Waals surface area contributed by atoms with Gasteiger partial charge in [-0.3, -0.25) is 9.59 Å². The minimum Gasteiger partial charge on any atom is -0.342 e. The minimum atomic E-state index is -3.75. The molecule has 7 nitrogen and oxygen atoms in total. The highest BCUT2D eigenvalue weighted by molar-refractivity contribution is 7.89. The molecule has 0 radical (unpaired) electrons. The highest BCUT2D eigenvalue weighted by Gasteiger charge is 2.32. The van der Waals surface area contributed by atoms with Gasteiger partial charge in [0.2, 0.25) is 15.9 Å². The Balaban J connectivity index is 1.39. The van der Waals surface area contributed by atoms with Gasteiger partial charge in [0.25, 0.3) is 5.91 Å². The first kappa shape index (κ1) is 22.6. The Morgan fingerprint density at radius 2 is 1.55 bits per heavy atom. The molecule has 2 saturated heterocycles. The van der Waals surface area contributed by atoms with Crippen LogP contribution in [-0.4, -0.2) is 62.3 Å². The van der Waals surface area contributed by atoms with Gasteiger partial charge in [0.05, 0.1) is 5.02 Å². The summed E-state index contributed by atoms with van der Waals surface area (Å²) in [6, 6.07) is 4.35. The quantitative estimate of drug-likeness (QED) is 0.721. The topological polar surface area (TPSA) is 86.8 Å². The fourth-order valence-corrected chi connectivity index (χ4v) is 6.22. The molecule has 0 unspecified atom stereocenters. The molecule has 170 valence electrons. The third-order valence-corrected chi connectivity index (χ3v) is 8.42. The molecular formula is C22H30ClN3O4S. The summed E-state index contributed by atoms with van der Waals surface area (Å²) in [7, 11) is -3.75. The average molecular weight is 468 g/mol. The molecule has 1 aromatic rings. The van der Waals surface area contributed by atoms with Crippen LogP contribution in [0.2, 0.25) is 5.02 Å². The predicted molar refractivity (Wildman–Crippen MR) is 118 cm³/mol. The lowest BCUT2D eigenvalue weighted by Crippen LogP contribution is -2.44. The Kier molecular flexibility index (Phi) is 6.89. The molecule has 9 heteroatoms. The van der Waals surface area contributed by atoms with E-state index in [2.05, 4.69) is 4.72 Å². The van der Waals surface area contributed by atoms with E-state index in [4.69, 9.17) is 11.6 Å². The van der Waals surface area contributed by atoms with Crippen molar-refractivity contribution in [3.63, 3.8) is 0 Å². The molecule has 31 heavy (non-hydrogen) atoms. The molecule has 3 fully saturated rings. The van der Waals surface area contributed by atoms with Crippen molar-refractivity contribution in [1.82, 2.24) is 14.5 Å². The molecule has 2 aliphatic heterocycles. The molecule has 0 aromatic heterocycles. The number of sulfonamides is 1. The van der Waals surface area contributed by atoms with Crippen molar-refractivity contribution in [3.8, 4) is 0 Å². The number of carbonyl (C=O) groups is 2. The highest BCUT2D eigenvalue weighted by atomic mass is 35.5. The number of nitrogens with zero attached hydrogens (tertiary/aromatic N) is 2. The van der Waals surface area contributed by atoms with E-state index < -0.39 is 10.0 Å². The maximum atomic E-state index is 13.0. The number of carbonyl (C=O) groups excluding carboxylic acids is 2. The van der Waals surface area contributed by atoms with Crippen LogP contribution in [-0.2, 0) is 14.8 Å². The van der Waals surface area contributed by atoms with E-state index in [1.54, 1.807) is 11.0 Å². The van der Waals surface area contributed by atoms with Gasteiger partial charge in [-0.05, 0) is 56.7 Å². The molecular weight excluding hydrogens is 438 g/mol. The van der Waals surface area contributed by atoms with Gasteiger partial charge in [0.15, 0.2) is 0 Å². The highest BCUT2D eigenvalue weighted by Crippen LogP contribution is 2.28. The van der Waals surface area contributed by atoms with Gasteiger partial charge in [0, 0.05) is 43.7 Å². The Morgan fingerprint density at radius 1 is 0.903 bits per heavy atom. The van der Waals surface area contributed by atoms with E-state index >= 15 is 0 Å². The lowest BCUT2D eigenvalue weighted by Gasteiger charge is -2.34. The summed E-state index contributed by atoms with van der Waals surface area (Å²) in [6.07, 6.45) is 7.44. The summed E-state index contributed by atoms with van der Waals surface area (Å²) >= 11 is 6.13. The van der Waals surface area contributed by atoms with E-state index in [-0.39, 0.29) is 33.7 Å². The Morgan fingerprint density at radius 3 is 2.16 bits per heavy atom. The number of amides is 2. The third kappa shape index (κ3) is 5.41. The first-order chi connectivity index (χ1) is 14.8. The maximum absolute atomic E-state index is 13.0. The van der Waals surface area contributed by atoms with Crippen LogP contribution in [0.25, 0.3) is 0 Å². The first-order valence-corrected chi connectivity index (χ1v) is 13.1. The molecule has 0 bridgehead atoms. The van der Waals surface area contributed by atoms with E-state index in [1.807, 2.05) is 4.90 Å². The van der Waals surface area contributed by atoms with Crippen LogP contribution in [0.3, 0.4) is 0 Å². The minimum absolute atomic E-state index is 0.0361. The molecule has 3 aliphatic rings. The Labute approximate surface area is 189 Å². The van der Waals surface area contributed by atoms with Gasteiger partial charge in [-0.25, -0.2) is 13.1 Å². The van der Waals surface area contributed by atoms with Crippen molar-refractivity contribution >= 4 is 33.4 Å². The summed E-state index contributed by atoms with van der Waals surface area (Å²) in [5, 5.41) is 0.103. The molecule has 0 spiro atoms. The van der Waals surface area contributed by atoms with Crippen LogP contribution in [0.5, 0.6) is 0 Å². The summed E-state index contributed by atoms with van der Waals surface area (Å²) in [5.41, 5.74) is 0.304. The van der Waals surface area contributed by atoms with E-state index in [0.29, 0.717) is 31.5 Å². The van der Waals surface area contributed by atoms with Crippen molar-refractivity contribution in [3.05, 3.63) is 28.8 Å². The number of rotatable bonds is 5. The molecule has 1 N–H and O–H groups in total.